The van der Waals surface area contributed by atoms with Gasteiger partial charge in [0.25, 0.3) is 23.6 Å². The van der Waals surface area contributed by atoms with Gasteiger partial charge < -0.3 is 24.9 Å². The van der Waals surface area contributed by atoms with Crippen LogP contribution in [0.1, 0.15) is 78.9 Å². The number of rotatable bonds is 13. The SMILES string of the molecule is CC(=O)c1cc(C(=O)Nc2cc(CO)cc(-c3cnn(C)c3)c2F)c2cc(OCC(=O)NCCCc3cccc4c3C(=O)N(C3CCC(=O)NC3=O)C4=O)ccn12. The minimum absolute atomic E-state index is 0.0135. The number of ether oxygens (including phenoxy) is 1. The number of nitrogens with one attached hydrogen (secondary N) is 3. The van der Waals surface area contributed by atoms with Gasteiger partial charge in [-0.15, -0.1) is 0 Å². The highest BCUT2D eigenvalue weighted by molar-refractivity contribution is 6.24. The molecule has 1 unspecified atom stereocenters. The number of amides is 6. The van der Waals surface area contributed by atoms with Crippen LogP contribution in [0.3, 0.4) is 0 Å². The standard InChI is InChI=1S/C40H36FN7O9/c1-21(50)31-16-28(37(53)44-29-14-22(19-49)13-27(36(29)41)24-17-43-46(2)18-24)32-15-25(10-12-47(31)32)57-20-34(52)42-11-4-6-23-5-3-7-26-35(23)40(56)48(39(26)55)30-8-9-33(51)45-38(30)54/h3,5,7,10,12-18,30,49H,4,6,8-9,11,19-20H2,1-2H3,(H,42,52)(H,44,53)(H,45,51,54). The Morgan fingerprint density at radius 3 is 2.58 bits per heavy atom. The molecular weight excluding hydrogens is 741 g/mol. The summed E-state index contributed by atoms with van der Waals surface area (Å²) in [5, 5.41) is 21.4. The predicted octanol–water partition coefficient (Wildman–Crippen LogP) is 2.96. The van der Waals surface area contributed by atoms with Crippen LogP contribution in [0.25, 0.3) is 16.6 Å². The van der Waals surface area contributed by atoms with Crippen LogP contribution in [0, 0.1) is 5.82 Å². The first-order chi connectivity index (χ1) is 27.3. The Morgan fingerprint density at radius 1 is 1.05 bits per heavy atom. The molecule has 16 nitrogen and oxygen atoms in total. The quantitative estimate of drug-likeness (QED) is 0.0780. The summed E-state index contributed by atoms with van der Waals surface area (Å²) in [6, 6.07) is 10.9. The molecule has 0 spiro atoms. The van der Waals surface area contributed by atoms with E-state index in [1.807, 2.05) is 0 Å². The molecule has 292 valence electrons. The molecule has 4 N–H and O–H groups in total. The van der Waals surface area contributed by atoms with Gasteiger partial charge in [0, 0.05) is 56.5 Å². The lowest BCUT2D eigenvalue weighted by Gasteiger charge is -2.27. The van der Waals surface area contributed by atoms with Gasteiger partial charge in [0.15, 0.2) is 18.2 Å². The smallest absolute Gasteiger partial charge is 0.262 e. The van der Waals surface area contributed by atoms with Gasteiger partial charge in [-0.05, 0) is 60.7 Å². The van der Waals surface area contributed by atoms with Crippen molar-refractivity contribution in [2.45, 2.75) is 45.3 Å². The van der Waals surface area contributed by atoms with E-state index in [1.165, 1.54) is 64.8 Å². The molecule has 0 saturated carbocycles. The number of aromatic nitrogens is 3. The van der Waals surface area contributed by atoms with Gasteiger partial charge in [-0.1, -0.05) is 12.1 Å². The molecule has 7 rings (SSSR count). The first-order valence-electron chi connectivity index (χ1n) is 18.0. The van der Waals surface area contributed by atoms with Gasteiger partial charge in [0.05, 0.1) is 46.4 Å². The number of hydrogen-bond donors (Lipinski definition) is 4. The van der Waals surface area contributed by atoms with Gasteiger partial charge in [-0.25, -0.2) is 4.39 Å². The fourth-order valence-electron chi connectivity index (χ4n) is 7.05. The maximum absolute atomic E-state index is 15.7. The molecule has 0 aliphatic carbocycles. The maximum Gasteiger partial charge on any atom is 0.262 e. The largest absolute Gasteiger partial charge is 0.484 e. The Balaban J connectivity index is 0.990. The van der Waals surface area contributed by atoms with E-state index in [0.717, 1.165) is 4.90 Å². The molecule has 0 bridgehead atoms. The minimum Gasteiger partial charge on any atom is -0.484 e. The summed E-state index contributed by atoms with van der Waals surface area (Å²) in [7, 11) is 1.67. The van der Waals surface area contributed by atoms with E-state index in [2.05, 4.69) is 21.0 Å². The number of nitrogens with zero attached hydrogens (tertiary/aromatic N) is 4. The number of aliphatic hydroxyl groups excluding tert-OH is 1. The summed E-state index contributed by atoms with van der Waals surface area (Å²) in [6.45, 7) is 0.717. The van der Waals surface area contributed by atoms with Crippen LogP contribution in [-0.2, 0) is 34.5 Å². The number of carbonyl (C=O) groups is 7. The molecular formula is C40H36FN7O9. The van der Waals surface area contributed by atoms with Crippen molar-refractivity contribution in [3.63, 3.8) is 0 Å². The molecule has 3 aromatic heterocycles. The van der Waals surface area contributed by atoms with Crippen LogP contribution < -0.4 is 20.7 Å². The molecule has 5 aromatic rings. The summed E-state index contributed by atoms with van der Waals surface area (Å²) < 4.78 is 24.4. The first-order valence-corrected chi connectivity index (χ1v) is 18.0. The molecule has 1 saturated heterocycles. The van der Waals surface area contributed by atoms with Crippen LogP contribution in [0.4, 0.5) is 10.1 Å². The Morgan fingerprint density at radius 2 is 1.86 bits per heavy atom. The Hall–Kier alpha value is -7.01. The van der Waals surface area contributed by atoms with Gasteiger partial charge in [0.1, 0.15) is 11.8 Å². The Labute approximate surface area is 323 Å². The number of aliphatic hydroxyl groups is 1. The van der Waals surface area contributed by atoms with Gasteiger partial charge in [-0.3, -0.25) is 48.5 Å². The monoisotopic (exact) mass is 777 g/mol. The lowest BCUT2D eigenvalue weighted by Crippen LogP contribution is -2.54. The molecule has 5 heterocycles. The van der Waals surface area contributed by atoms with Crippen molar-refractivity contribution in [2.24, 2.45) is 7.05 Å². The molecule has 57 heavy (non-hydrogen) atoms. The third kappa shape index (κ3) is 7.51. The molecule has 0 radical (unpaired) electrons. The van der Waals surface area contributed by atoms with Crippen LogP contribution in [0.15, 0.2) is 67.1 Å². The third-order valence-corrected chi connectivity index (χ3v) is 9.80. The average Bonchev–Trinajstić information content (AvgIpc) is 3.87. The summed E-state index contributed by atoms with van der Waals surface area (Å²) in [4.78, 5) is 90.3. The highest BCUT2D eigenvalue weighted by Gasteiger charge is 2.45. The van der Waals surface area contributed by atoms with Crippen LogP contribution in [-0.4, -0.2) is 84.6 Å². The molecule has 1 fully saturated rings. The van der Waals surface area contributed by atoms with E-state index >= 15 is 4.39 Å². The average molecular weight is 778 g/mol. The number of hydrogen-bond acceptors (Lipinski definition) is 10. The molecule has 2 aromatic carbocycles. The lowest BCUT2D eigenvalue weighted by atomic mass is 9.99. The van der Waals surface area contributed by atoms with E-state index in [4.69, 9.17) is 4.74 Å². The van der Waals surface area contributed by atoms with Crippen molar-refractivity contribution >= 4 is 52.4 Å². The number of benzene rings is 2. The summed E-state index contributed by atoms with van der Waals surface area (Å²) >= 11 is 0. The van der Waals surface area contributed by atoms with Crippen molar-refractivity contribution < 1.29 is 47.8 Å². The number of carbonyl (C=O) groups excluding carboxylic acids is 7. The van der Waals surface area contributed by atoms with Crippen LogP contribution in [0.5, 0.6) is 5.75 Å². The number of anilines is 1. The Bertz CT molecular complexity index is 2520. The van der Waals surface area contributed by atoms with E-state index in [9.17, 15) is 38.7 Å². The number of fused-ring (bicyclic) bond motifs is 2. The number of Topliss-reactive ketones (excluding diaryl/α,β-unsaturated/α-hetero) is 1. The summed E-state index contributed by atoms with van der Waals surface area (Å²) in [5.41, 5.74) is 2.13. The summed E-state index contributed by atoms with van der Waals surface area (Å²) in [6.07, 6.45) is 5.35. The van der Waals surface area contributed by atoms with Crippen molar-refractivity contribution in [3.05, 3.63) is 106 Å². The highest BCUT2D eigenvalue weighted by Crippen LogP contribution is 2.32. The van der Waals surface area contributed by atoms with Crippen LogP contribution in [0.2, 0.25) is 0 Å². The second kappa shape index (κ2) is 15.6. The first kappa shape index (κ1) is 38.3. The number of ketones is 1. The zero-order valence-corrected chi connectivity index (χ0v) is 30.8. The number of pyridine rings is 1. The minimum atomic E-state index is -1.08. The van der Waals surface area contributed by atoms with Crippen molar-refractivity contribution in [3.8, 4) is 16.9 Å². The van der Waals surface area contributed by atoms with E-state index < -0.39 is 60.5 Å². The highest BCUT2D eigenvalue weighted by atomic mass is 19.1. The number of aryl methyl sites for hydroxylation is 2. The predicted molar refractivity (Wildman–Crippen MR) is 200 cm³/mol. The van der Waals surface area contributed by atoms with E-state index in [-0.39, 0.29) is 70.1 Å². The lowest BCUT2D eigenvalue weighted by molar-refractivity contribution is -0.136. The Kier molecular flexibility index (Phi) is 10.5. The fourth-order valence-corrected chi connectivity index (χ4v) is 7.05. The molecule has 2 aliphatic heterocycles. The zero-order chi connectivity index (χ0) is 40.5. The maximum atomic E-state index is 15.7. The second-order valence-electron chi connectivity index (χ2n) is 13.7. The van der Waals surface area contributed by atoms with Crippen LogP contribution >= 0.6 is 0 Å². The van der Waals surface area contributed by atoms with E-state index in [0.29, 0.717) is 29.5 Å². The fraction of sp³-hybridized carbons (Fsp3) is 0.250. The van der Waals surface area contributed by atoms with Crippen molar-refractivity contribution in [1.29, 1.82) is 0 Å². The molecule has 2 aliphatic rings. The van der Waals surface area contributed by atoms with Crippen molar-refractivity contribution in [1.82, 2.24) is 29.7 Å². The summed E-state index contributed by atoms with van der Waals surface area (Å²) in [5.74, 6) is -4.44. The second-order valence-corrected chi connectivity index (χ2v) is 13.7. The zero-order valence-electron chi connectivity index (χ0n) is 30.8. The van der Waals surface area contributed by atoms with Crippen molar-refractivity contribution in [2.75, 3.05) is 18.5 Å². The molecule has 1 atom stereocenters. The number of piperidine rings is 1. The topological polar surface area (TPSA) is 211 Å². The van der Waals surface area contributed by atoms with E-state index in [1.54, 1.807) is 25.4 Å². The number of halogens is 1. The normalized spacial score (nSPS) is 15.2. The third-order valence-electron chi connectivity index (χ3n) is 9.80. The van der Waals surface area contributed by atoms with Gasteiger partial charge in [-0.2, -0.15) is 5.10 Å². The van der Waals surface area contributed by atoms with Gasteiger partial charge >= 0.3 is 0 Å². The molecule has 6 amide bonds. The molecule has 17 heteroatoms. The number of imide groups is 2. The van der Waals surface area contributed by atoms with Gasteiger partial charge in [0.2, 0.25) is 11.8 Å².